The topological polar surface area (TPSA) is 56.0 Å². The molecule has 2 aromatic heterocycles. The summed E-state index contributed by atoms with van der Waals surface area (Å²) in [7, 11) is 0. The van der Waals surface area contributed by atoms with Crippen molar-refractivity contribution in [2.24, 2.45) is 0 Å². The number of nitrogens with zero attached hydrogens (tertiary/aromatic N) is 5. The predicted octanol–water partition coefficient (Wildman–Crippen LogP) is 0.136. The van der Waals surface area contributed by atoms with Crippen LogP contribution >= 0.6 is 0 Å². The van der Waals surface area contributed by atoms with Crippen molar-refractivity contribution >= 4 is 5.78 Å². The van der Waals surface area contributed by atoms with E-state index in [0.29, 0.717) is 5.78 Å². The van der Waals surface area contributed by atoms with E-state index in [-0.39, 0.29) is 0 Å². The molecule has 0 aliphatic carbocycles. The monoisotopic (exact) mass is 149 g/mol. The fourth-order valence-electron chi connectivity index (χ4n) is 0.879. The van der Waals surface area contributed by atoms with Crippen molar-refractivity contribution in [3.8, 4) is 0 Å². The minimum Gasteiger partial charge on any atom is -0.216 e. The van der Waals surface area contributed by atoms with E-state index in [2.05, 4.69) is 20.3 Å². The van der Waals surface area contributed by atoms with Crippen LogP contribution in [0.4, 0.5) is 0 Å². The largest absolute Gasteiger partial charge is 0.271 e. The Morgan fingerprint density at radius 3 is 2.91 bits per heavy atom. The van der Waals surface area contributed by atoms with Crippen LogP contribution < -0.4 is 0 Å². The number of rotatable bonds is 0. The molecule has 0 N–H and O–H groups in total. The van der Waals surface area contributed by atoms with E-state index in [4.69, 9.17) is 0 Å². The highest BCUT2D eigenvalue weighted by molar-refractivity contribution is 5.23. The van der Waals surface area contributed by atoms with Crippen LogP contribution in [-0.4, -0.2) is 24.8 Å². The van der Waals surface area contributed by atoms with Gasteiger partial charge in [-0.25, -0.2) is 4.98 Å². The molecule has 0 saturated carbocycles. The first-order chi connectivity index (χ1) is 5.27. The van der Waals surface area contributed by atoms with Crippen LogP contribution in [0, 0.1) is 13.8 Å². The van der Waals surface area contributed by atoms with Gasteiger partial charge in [0.05, 0.1) is 11.9 Å². The van der Waals surface area contributed by atoms with Crippen molar-refractivity contribution < 1.29 is 0 Å². The summed E-state index contributed by atoms with van der Waals surface area (Å²) >= 11 is 0. The number of hydrogen-bond acceptors (Lipinski definition) is 4. The molecule has 0 amide bonds. The molecule has 0 fully saturated rings. The molecule has 0 aromatic carbocycles. The third kappa shape index (κ3) is 0.849. The van der Waals surface area contributed by atoms with Gasteiger partial charge >= 0.3 is 0 Å². The van der Waals surface area contributed by atoms with Crippen LogP contribution in [-0.2, 0) is 0 Å². The zero-order chi connectivity index (χ0) is 7.84. The molecule has 0 aliphatic rings. The molecular weight excluding hydrogens is 142 g/mol. The highest BCUT2D eigenvalue weighted by Crippen LogP contribution is 1.96. The van der Waals surface area contributed by atoms with Gasteiger partial charge in [-0.05, 0) is 13.8 Å². The Labute approximate surface area is 63.1 Å². The molecule has 5 nitrogen and oxygen atoms in total. The fraction of sp³-hybridized carbons (Fsp3) is 0.333. The van der Waals surface area contributed by atoms with Crippen LogP contribution in [0.2, 0.25) is 0 Å². The minimum atomic E-state index is 0.549. The number of aryl methyl sites for hydroxylation is 2. The van der Waals surface area contributed by atoms with Crippen LogP contribution in [0.15, 0.2) is 6.20 Å². The number of fused-ring (bicyclic) bond motifs is 1. The van der Waals surface area contributed by atoms with Crippen LogP contribution in [0.3, 0.4) is 0 Å². The Balaban J connectivity index is 2.87. The van der Waals surface area contributed by atoms with E-state index in [1.54, 1.807) is 10.7 Å². The number of hydrogen-bond donors (Lipinski definition) is 0. The fourth-order valence-corrected chi connectivity index (χ4v) is 0.879. The molecule has 0 spiro atoms. The maximum absolute atomic E-state index is 4.16. The third-order valence-corrected chi connectivity index (χ3v) is 1.40. The lowest BCUT2D eigenvalue weighted by Crippen LogP contribution is -1.98. The first-order valence-corrected chi connectivity index (χ1v) is 3.29. The van der Waals surface area contributed by atoms with Crippen LogP contribution in [0.25, 0.3) is 5.78 Å². The quantitative estimate of drug-likeness (QED) is 0.534. The summed E-state index contributed by atoms with van der Waals surface area (Å²) in [5.41, 5.74) is 0.861. The SMILES string of the molecule is Cc1cnc2nnc(C)n2n1. The zero-order valence-corrected chi connectivity index (χ0v) is 6.31. The minimum absolute atomic E-state index is 0.549. The smallest absolute Gasteiger partial charge is 0.216 e. The lowest BCUT2D eigenvalue weighted by molar-refractivity contribution is 0.831. The molecule has 2 aromatic rings. The second kappa shape index (κ2) is 1.98. The average molecular weight is 149 g/mol. The lowest BCUT2D eigenvalue weighted by Gasteiger charge is -1.92. The first-order valence-electron chi connectivity index (χ1n) is 3.29. The molecule has 11 heavy (non-hydrogen) atoms. The Morgan fingerprint density at radius 2 is 2.09 bits per heavy atom. The summed E-state index contributed by atoms with van der Waals surface area (Å²) in [5, 5.41) is 11.8. The van der Waals surface area contributed by atoms with Crippen molar-refractivity contribution in [3.63, 3.8) is 0 Å². The van der Waals surface area contributed by atoms with E-state index < -0.39 is 0 Å². The second-order valence-corrected chi connectivity index (χ2v) is 2.36. The van der Waals surface area contributed by atoms with E-state index in [0.717, 1.165) is 11.5 Å². The first kappa shape index (κ1) is 6.21. The van der Waals surface area contributed by atoms with Gasteiger partial charge in [-0.1, -0.05) is 0 Å². The van der Waals surface area contributed by atoms with Crippen LogP contribution in [0.1, 0.15) is 11.5 Å². The summed E-state index contributed by atoms with van der Waals surface area (Å²) in [5.74, 6) is 1.31. The molecule has 0 unspecified atom stereocenters. The molecule has 5 heteroatoms. The van der Waals surface area contributed by atoms with E-state index in [9.17, 15) is 0 Å². The van der Waals surface area contributed by atoms with Gasteiger partial charge in [0.15, 0.2) is 5.82 Å². The Morgan fingerprint density at radius 1 is 1.27 bits per heavy atom. The summed E-state index contributed by atoms with van der Waals surface area (Å²) < 4.78 is 1.62. The lowest BCUT2D eigenvalue weighted by atomic mass is 10.5. The van der Waals surface area contributed by atoms with Gasteiger partial charge in [0, 0.05) is 0 Å². The molecule has 2 rings (SSSR count). The van der Waals surface area contributed by atoms with Crippen molar-refractivity contribution in [1.29, 1.82) is 0 Å². The zero-order valence-electron chi connectivity index (χ0n) is 6.31. The predicted molar refractivity (Wildman–Crippen MR) is 38.1 cm³/mol. The van der Waals surface area contributed by atoms with Gasteiger partial charge in [-0.2, -0.15) is 9.61 Å². The summed E-state index contributed by atoms with van der Waals surface area (Å²) in [4.78, 5) is 4.03. The average Bonchev–Trinajstić information content (AvgIpc) is 2.33. The molecule has 2 heterocycles. The summed E-state index contributed by atoms with van der Waals surface area (Å²) in [6.45, 7) is 3.72. The van der Waals surface area contributed by atoms with Gasteiger partial charge in [0.1, 0.15) is 0 Å². The highest BCUT2D eigenvalue weighted by Gasteiger charge is 2.00. The van der Waals surface area contributed by atoms with E-state index in [1.165, 1.54) is 0 Å². The Kier molecular flexibility index (Phi) is 1.12. The Hall–Kier alpha value is -1.52. The maximum Gasteiger partial charge on any atom is 0.271 e. The van der Waals surface area contributed by atoms with E-state index in [1.807, 2.05) is 13.8 Å². The van der Waals surface area contributed by atoms with Crippen LogP contribution in [0.5, 0.6) is 0 Å². The molecule has 0 saturated heterocycles. The van der Waals surface area contributed by atoms with Crippen molar-refractivity contribution in [3.05, 3.63) is 17.7 Å². The standard InChI is InChI=1S/C6H7N5/c1-4-3-7-6-9-8-5(2)11(6)10-4/h3H,1-2H3. The van der Waals surface area contributed by atoms with E-state index >= 15 is 0 Å². The maximum atomic E-state index is 4.16. The number of aromatic nitrogens is 5. The summed E-state index contributed by atoms with van der Waals surface area (Å²) in [6, 6.07) is 0. The second-order valence-electron chi connectivity index (χ2n) is 2.36. The van der Waals surface area contributed by atoms with Gasteiger partial charge in [-0.15, -0.1) is 10.2 Å². The molecular formula is C6H7N5. The van der Waals surface area contributed by atoms with Crippen molar-refractivity contribution in [2.45, 2.75) is 13.8 Å². The summed E-state index contributed by atoms with van der Waals surface area (Å²) in [6.07, 6.45) is 1.67. The molecule has 0 aliphatic heterocycles. The molecule has 0 bridgehead atoms. The van der Waals surface area contributed by atoms with Gasteiger partial charge in [0.25, 0.3) is 5.78 Å². The normalized spacial score (nSPS) is 10.7. The van der Waals surface area contributed by atoms with Crippen molar-refractivity contribution in [2.75, 3.05) is 0 Å². The molecule has 0 radical (unpaired) electrons. The van der Waals surface area contributed by atoms with Gasteiger partial charge < -0.3 is 0 Å². The third-order valence-electron chi connectivity index (χ3n) is 1.40. The van der Waals surface area contributed by atoms with Gasteiger partial charge in [-0.3, -0.25) is 0 Å². The van der Waals surface area contributed by atoms with Crippen molar-refractivity contribution in [1.82, 2.24) is 24.8 Å². The van der Waals surface area contributed by atoms with Gasteiger partial charge in [0.2, 0.25) is 0 Å². The molecule has 56 valence electrons. The highest BCUT2D eigenvalue weighted by atomic mass is 15.4. The Bertz CT molecular complexity index is 391. The molecule has 0 atom stereocenters.